The zero-order valence-electron chi connectivity index (χ0n) is 11.2. The molecule has 3 rings (SSSR count). The van der Waals surface area contributed by atoms with Crippen LogP contribution in [-0.4, -0.2) is 37.8 Å². The van der Waals surface area contributed by atoms with Gasteiger partial charge in [-0.3, -0.25) is 4.79 Å². The molecule has 0 saturated carbocycles. The molecule has 0 radical (unpaired) electrons. The van der Waals surface area contributed by atoms with Crippen LogP contribution in [0.5, 0.6) is 0 Å². The first-order valence-electron chi connectivity index (χ1n) is 6.56. The fourth-order valence-electron chi connectivity index (χ4n) is 2.66. The average molecular weight is 295 g/mol. The van der Waals surface area contributed by atoms with Gasteiger partial charge >= 0.3 is 0 Å². The summed E-state index contributed by atoms with van der Waals surface area (Å²) >= 11 is 0. The van der Waals surface area contributed by atoms with Crippen LogP contribution in [-0.2, 0) is 21.2 Å². The number of nitrogens with zero attached hydrogens (tertiary/aromatic N) is 1. The molecule has 108 valence electrons. The van der Waals surface area contributed by atoms with Gasteiger partial charge in [0.05, 0.1) is 11.3 Å². The van der Waals surface area contributed by atoms with Crippen molar-refractivity contribution in [2.75, 3.05) is 18.4 Å². The lowest BCUT2D eigenvalue weighted by atomic mass is 10.1. The molecule has 0 spiro atoms. The number of fused-ring (bicyclic) bond motifs is 1. The number of hydrogen-bond acceptors (Lipinski definition) is 4. The molecule has 1 fully saturated rings. The van der Waals surface area contributed by atoms with Crippen molar-refractivity contribution in [2.24, 2.45) is 11.7 Å². The number of rotatable bonds is 2. The zero-order valence-corrected chi connectivity index (χ0v) is 12.0. The SMILES string of the molecule is CC1CN(S(=O)(=O)c2ccc3c(c2)CC(=O)N3)CC1N. The third kappa shape index (κ3) is 2.11. The van der Waals surface area contributed by atoms with Gasteiger partial charge in [0.2, 0.25) is 15.9 Å². The molecular weight excluding hydrogens is 278 g/mol. The highest BCUT2D eigenvalue weighted by Gasteiger charge is 2.35. The molecule has 2 aliphatic rings. The largest absolute Gasteiger partial charge is 0.326 e. The van der Waals surface area contributed by atoms with E-state index in [-0.39, 0.29) is 29.2 Å². The smallest absolute Gasteiger partial charge is 0.243 e. The van der Waals surface area contributed by atoms with Crippen molar-refractivity contribution >= 4 is 21.6 Å². The maximum Gasteiger partial charge on any atom is 0.243 e. The first-order valence-corrected chi connectivity index (χ1v) is 8.00. The normalized spacial score (nSPS) is 26.6. The molecule has 0 aromatic heterocycles. The van der Waals surface area contributed by atoms with Gasteiger partial charge < -0.3 is 11.1 Å². The first-order chi connectivity index (χ1) is 9.38. The molecule has 0 bridgehead atoms. The van der Waals surface area contributed by atoms with E-state index < -0.39 is 10.0 Å². The van der Waals surface area contributed by atoms with E-state index in [0.717, 1.165) is 5.56 Å². The monoisotopic (exact) mass is 295 g/mol. The second kappa shape index (κ2) is 4.54. The summed E-state index contributed by atoms with van der Waals surface area (Å²) in [7, 11) is -3.53. The molecule has 0 aliphatic carbocycles. The van der Waals surface area contributed by atoms with Crippen molar-refractivity contribution in [2.45, 2.75) is 24.3 Å². The zero-order chi connectivity index (χ0) is 14.5. The lowest BCUT2D eigenvalue weighted by molar-refractivity contribution is -0.115. The van der Waals surface area contributed by atoms with Gasteiger partial charge in [0.25, 0.3) is 0 Å². The van der Waals surface area contributed by atoms with Crippen molar-refractivity contribution < 1.29 is 13.2 Å². The van der Waals surface area contributed by atoms with Crippen LogP contribution in [0.25, 0.3) is 0 Å². The number of hydrogen-bond donors (Lipinski definition) is 2. The Hall–Kier alpha value is -1.44. The molecule has 1 aromatic carbocycles. The molecule has 2 aliphatic heterocycles. The summed E-state index contributed by atoms with van der Waals surface area (Å²) in [5.41, 5.74) is 7.32. The lowest BCUT2D eigenvalue weighted by Crippen LogP contribution is -2.32. The molecule has 6 nitrogen and oxygen atoms in total. The predicted octanol–water partition coefficient (Wildman–Crippen LogP) is 0.149. The number of nitrogens with two attached hydrogens (primary N) is 1. The van der Waals surface area contributed by atoms with Gasteiger partial charge in [-0.25, -0.2) is 8.42 Å². The van der Waals surface area contributed by atoms with Crippen LogP contribution < -0.4 is 11.1 Å². The summed E-state index contributed by atoms with van der Waals surface area (Å²) in [6, 6.07) is 4.64. The molecule has 20 heavy (non-hydrogen) atoms. The molecule has 1 saturated heterocycles. The van der Waals surface area contributed by atoms with Crippen molar-refractivity contribution in [3.05, 3.63) is 23.8 Å². The highest BCUT2D eigenvalue weighted by Crippen LogP contribution is 2.29. The maximum absolute atomic E-state index is 12.6. The minimum atomic E-state index is -3.53. The molecular formula is C13H17N3O3S. The van der Waals surface area contributed by atoms with E-state index in [9.17, 15) is 13.2 Å². The summed E-state index contributed by atoms with van der Waals surface area (Å²) in [4.78, 5) is 11.5. The Balaban J connectivity index is 1.93. The fraction of sp³-hybridized carbons (Fsp3) is 0.462. The number of carbonyl (C=O) groups is 1. The Morgan fingerprint density at radius 2 is 2.10 bits per heavy atom. The van der Waals surface area contributed by atoms with Crippen molar-refractivity contribution in [3.8, 4) is 0 Å². The van der Waals surface area contributed by atoms with Crippen molar-refractivity contribution in [1.29, 1.82) is 0 Å². The number of benzene rings is 1. The third-order valence-corrected chi connectivity index (χ3v) is 5.80. The average Bonchev–Trinajstić information content (AvgIpc) is 2.91. The lowest BCUT2D eigenvalue weighted by Gasteiger charge is -2.16. The van der Waals surface area contributed by atoms with Gasteiger partial charge in [0.15, 0.2) is 0 Å². The summed E-state index contributed by atoms with van der Waals surface area (Å²) in [6.07, 6.45) is 0.231. The number of anilines is 1. The Kier molecular flexibility index (Phi) is 3.07. The Labute approximate surface area is 118 Å². The molecule has 2 heterocycles. The Bertz CT molecular complexity index is 661. The van der Waals surface area contributed by atoms with E-state index >= 15 is 0 Å². The van der Waals surface area contributed by atoms with Crippen LogP contribution in [0.15, 0.2) is 23.1 Å². The number of sulfonamides is 1. The molecule has 7 heteroatoms. The first kappa shape index (κ1) is 13.5. The Morgan fingerprint density at radius 3 is 2.75 bits per heavy atom. The standard InChI is InChI=1S/C13H17N3O3S/c1-8-6-16(7-11(8)14)20(18,19)10-2-3-12-9(4-10)5-13(17)15-12/h2-4,8,11H,5-7,14H2,1H3,(H,15,17). The van der Waals surface area contributed by atoms with E-state index in [1.165, 1.54) is 10.4 Å². The van der Waals surface area contributed by atoms with Crippen LogP contribution in [0.3, 0.4) is 0 Å². The van der Waals surface area contributed by atoms with Crippen LogP contribution in [0.1, 0.15) is 12.5 Å². The van der Waals surface area contributed by atoms with E-state index in [1.807, 2.05) is 6.92 Å². The van der Waals surface area contributed by atoms with Gasteiger partial charge in [-0.05, 0) is 29.7 Å². The predicted molar refractivity (Wildman–Crippen MR) is 74.7 cm³/mol. The highest BCUT2D eigenvalue weighted by molar-refractivity contribution is 7.89. The van der Waals surface area contributed by atoms with Gasteiger partial charge in [-0.15, -0.1) is 0 Å². The van der Waals surface area contributed by atoms with Crippen LogP contribution in [0.4, 0.5) is 5.69 Å². The minimum Gasteiger partial charge on any atom is -0.326 e. The molecule has 2 atom stereocenters. The van der Waals surface area contributed by atoms with Gasteiger partial charge in [0, 0.05) is 24.8 Å². The van der Waals surface area contributed by atoms with E-state index in [0.29, 0.717) is 18.8 Å². The van der Waals surface area contributed by atoms with Gasteiger partial charge in [-0.1, -0.05) is 6.92 Å². The number of nitrogens with one attached hydrogen (secondary N) is 1. The molecule has 3 N–H and O–H groups in total. The van der Waals surface area contributed by atoms with Crippen LogP contribution >= 0.6 is 0 Å². The molecule has 1 aromatic rings. The van der Waals surface area contributed by atoms with E-state index in [4.69, 9.17) is 5.73 Å². The Morgan fingerprint density at radius 1 is 1.35 bits per heavy atom. The molecule has 2 unspecified atom stereocenters. The van der Waals surface area contributed by atoms with Crippen molar-refractivity contribution in [3.63, 3.8) is 0 Å². The quantitative estimate of drug-likeness (QED) is 0.812. The third-order valence-electron chi connectivity index (χ3n) is 3.98. The highest BCUT2D eigenvalue weighted by atomic mass is 32.2. The number of carbonyl (C=O) groups excluding carboxylic acids is 1. The van der Waals surface area contributed by atoms with Crippen molar-refractivity contribution in [1.82, 2.24) is 4.31 Å². The van der Waals surface area contributed by atoms with Crippen LogP contribution in [0, 0.1) is 5.92 Å². The fourth-order valence-corrected chi connectivity index (χ4v) is 4.29. The summed E-state index contributed by atoms with van der Waals surface area (Å²) < 4.78 is 26.6. The van der Waals surface area contributed by atoms with E-state index in [2.05, 4.69) is 5.32 Å². The summed E-state index contributed by atoms with van der Waals surface area (Å²) in [5.74, 6) is 0.0498. The van der Waals surface area contributed by atoms with Gasteiger partial charge in [0.1, 0.15) is 0 Å². The van der Waals surface area contributed by atoms with Crippen LogP contribution in [0.2, 0.25) is 0 Å². The summed E-state index contributed by atoms with van der Waals surface area (Å²) in [6.45, 7) is 2.74. The second-order valence-corrected chi connectivity index (χ2v) is 7.45. The summed E-state index contributed by atoms with van der Waals surface area (Å²) in [5, 5.41) is 2.69. The second-order valence-electron chi connectivity index (χ2n) is 5.51. The molecule has 1 amide bonds. The number of amides is 1. The van der Waals surface area contributed by atoms with Gasteiger partial charge in [-0.2, -0.15) is 4.31 Å². The minimum absolute atomic E-state index is 0.105. The topological polar surface area (TPSA) is 92.5 Å². The maximum atomic E-state index is 12.6. The van der Waals surface area contributed by atoms with E-state index in [1.54, 1.807) is 12.1 Å².